The molecule has 0 spiro atoms. The summed E-state index contributed by atoms with van der Waals surface area (Å²) in [6, 6.07) is 21.9. The molecule has 7 nitrogen and oxygen atoms in total. The predicted octanol–water partition coefficient (Wildman–Crippen LogP) is 3.27. The van der Waals surface area contributed by atoms with Crippen LogP contribution in [0.5, 0.6) is 0 Å². The molecular formula is C28H24N2O5. The third kappa shape index (κ3) is 4.57. The van der Waals surface area contributed by atoms with E-state index in [1.54, 1.807) is 4.90 Å². The molecule has 176 valence electrons. The van der Waals surface area contributed by atoms with Crippen LogP contribution in [0.2, 0.25) is 0 Å². The van der Waals surface area contributed by atoms with E-state index in [1.165, 1.54) is 28.7 Å². The molecule has 3 amide bonds. The topological polar surface area (TPSA) is 84.0 Å². The van der Waals surface area contributed by atoms with Crippen LogP contribution in [0.25, 0.3) is 0 Å². The van der Waals surface area contributed by atoms with Crippen molar-refractivity contribution >= 4 is 23.7 Å². The van der Waals surface area contributed by atoms with Crippen LogP contribution in [0.15, 0.2) is 72.8 Å². The molecule has 2 heterocycles. The van der Waals surface area contributed by atoms with Gasteiger partial charge >= 0.3 is 5.97 Å². The van der Waals surface area contributed by atoms with E-state index in [4.69, 9.17) is 4.74 Å². The predicted molar refractivity (Wildman–Crippen MR) is 128 cm³/mol. The number of esters is 1. The number of carbonyl (C=O) groups is 4. The van der Waals surface area contributed by atoms with Gasteiger partial charge in [0.05, 0.1) is 16.7 Å². The summed E-state index contributed by atoms with van der Waals surface area (Å²) < 4.78 is 5.25. The van der Waals surface area contributed by atoms with Gasteiger partial charge in [-0.15, -0.1) is 0 Å². The Balaban J connectivity index is 1.20. The van der Waals surface area contributed by atoms with Crippen molar-refractivity contribution in [2.45, 2.75) is 19.4 Å². The summed E-state index contributed by atoms with van der Waals surface area (Å²) in [6.07, 6.45) is 1.31. The van der Waals surface area contributed by atoms with E-state index in [0.717, 1.165) is 17.5 Å². The first-order valence-electron chi connectivity index (χ1n) is 11.6. The van der Waals surface area contributed by atoms with E-state index in [-0.39, 0.29) is 41.7 Å². The van der Waals surface area contributed by atoms with Gasteiger partial charge in [-0.3, -0.25) is 19.3 Å². The summed E-state index contributed by atoms with van der Waals surface area (Å²) in [6.45, 7) is 0.931. The summed E-state index contributed by atoms with van der Waals surface area (Å²) in [4.78, 5) is 53.7. The Morgan fingerprint density at radius 1 is 0.829 bits per heavy atom. The molecule has 2 aliphatic rings. The van der Waals surface area contributed by atoms with E-state index in [9.17, 15) is 19.2 Å². The molecule has 0 aromatic heterocycles. The molecule has 7 heteroatoms. The van der Waals surface area contributed by atoms with Crippen LogP contribution in [0.1, 0.15) is 47.8 Å². The molecule has 0 saturated carbocycles. The van der Waals surface area contributed by atoms with Gasteiger partial charge < -0.3 is 9.64 Å². The second-order valence-corrected chi connectivity index (χ2v) is 8.67. The third-order valence-electron chi connectivity index (χ3n) is 6.48. The number of imide groups is 1. The minimum atomic E-state index is -0.707. The SMILES string of the molecule is O=C(OCC(=O)N1CCc2ccccc2C1)c1ccc2c(c1)C(=O)N(CCc1ccccc1)C2=O. The van der Waals surface area contributed by atoms with E-state index in [1.807, 2.05) is 48.5 Å². The normalized spacial score (nSPS) is 14.5. The van der Waals surface area contributed by atoms with Crippen molar-refractivity contribution < 1.29 is 23.9 Å². The number of carbonyl (C=O) groups excluding carboxylic acids is 4. The summed E-state index contributed by atoms with van der Waals surface area (Å²) in [5.41, 5.74) is 3.92. The first-order chi connectivity index (χ1) is 17.0. The number of benzene rings is 3. The standard InChI is InChI=1S/C28H24N2O5/c31-25(29-14-13-20-8-4-5-9-22(20)17-29)18-35-28(34)21-10-11-23-24(16-21)27(33)30(26(23)32)15-12-19-6-2-1-3-7-19/h1-11,16H,12-15,17-18H2. The molecule has 3 aromatic carbocycles. The Bertz CT molecular complexity index is 1320. The Morgan fingerprint density at radius 3 is 2.34 bits per heavy atom. The number of amides is 3. The van der Waals surface area contributed by atoms with Crippen molar-refractivity contribution in [2.75, 3.05) is 19.7 Å². The van der Waals surface area contributed by atoms with Crippen LogP contribution in [-0.4, -0.2) is 53.2 Å². The van der Waals surface area contributed by atoms with Gasteiger partial charge in [0.25, 0.3) is 17.7 Å². The van der Waals surface area contributed by atoms with Gasteiger partial charge in [-0.1, -0.05) is 54.6 Å². The van der Waals surface area contributed by atoms with Gasteiger partial charge in [0.15, 0.2) is 6.61 Å². The van der Waals surface area contributed by atoms with Gasteiger partial charge in [0, 0.05) is 19.6 Å². The maximum absolute atomic E-state index is 12.9. The average Bonchev–Trinajstić information content (AvgIpc) is 3.14. The number of fused-ring (bicyclic) bond motifs is 2. The summed E-state index contributed by atoms with van der Waals surface area (Å²) in [5.74, 6) is -1.78. The minimum Gasteiger partial charge on any atom is -0.452 e. The van der Waals surface area contributed by atoms with Gasteiger partial charge in [-0.05, 0) is 47.7 Å². The summed E-state index contributed by atoms with van der Waals surface area (Å²) in [5, 5.41) is 0. The number of rotatable bonds is 6. The van der Waals surface area contributed by atoms with Crippen molar-refractivity contribution in [3.05, 3.63) is 106 Å². The van der Waals surface area contributed by atoms with Crippen molar-refractivity contribution in [1.29, 1.82) is 0 Å². The molecule has 35 heavy (non-hydrogen) atoms. The molecule has 0 aliphatic carbocycles. The first-order valence-corrected chi connectivity index (χ1v) is 11.6. The maximum atomic E-state index is 12.9. The lowest BCUT2D eigenvalue weighted by atomic mass is 10.00. The minimum absolute atomic E-state index is 0.131. The van der Waals surface area contributed by atoms with E-state index < -0.39 is 11.9 Å². The highest BCUT2D eigenvalue weighted by atomic mass is 16.5. The lowest BCUT2D eigenvalue weighted by Gasteiger charge is -2.28. The number of hydrogen-bond acceptors (Lipinski definition) is 5. The van der Waals surface area contributed by atoms with Crippen LogP contribution < -0.4 is 0 Å². The highest BCUT2D eigenvalue weighted by Gasteiger charge is 2.36. The highest BCUT2D eigenvalue weighted by molar-refractivity contribution is 6.22. The molecule has 3 aromatic rings. The van der Waals surface area contributed by atoms with Crippen LogP contribution in [-0.2, 0) is 28.9 Å². The molecule has 0 bridgehead atoms. The fraction of sp³-hybridized carbons (Fsp3) is 0.214. The Labute approximate surface area is 202 Å². The molecular weight excluding hydrogens is 444 g/mol. The zero-order valence-corrected chi connectivity index (χ0v) is 19.1. The van der Waals surface area contributed by atoms with Gasteiger partial charge in [0.2, 0.25) is 0 Å². The lowest BCUT2D eigenvalue weighted by Crippen LogP contribution is -2.38. The van der Waals surface area contributed by atoms with Crippen molar-refractivity contribution in [3.63, 3.8) is 0 Å². The fourth-order valence-corrected chi connectivity index (χ4v) is 4.52. The molecule has 0 radical (unpaired) electrons. The molecule has 0 fully saturated rings. The molecule has 0 saturated heterocycles. The first kappa shape index (κ1) is 22.5. The van der Waals surface area contributed by atoms with Crippen molar-refractivity contribution in [2.24, 2.45) is 0 Å². The number of nitrogens with zero attached hydrogens (tertiary/aromatic N) is 2. The summed E-state index contributed by atoms with van der Waals surface area (Å²) >= 11 is 0. The maximum Gasteiger partial charge on any atom is 0.338 e. The smallest absolute Gasteiger partial charge is 0.338 e. The summed E-state index contributed by atoms with van der Waals surface area (Å²) in [7, 11) is 0. The second kappa shape index (κ2) is 9.54. The highest BCUT2D eigenvalue weighted by Crippen LogP contribution is 2.25. The molecule has 0 N–H and O–H groups in total. The number of hydrogen-bond donors (Lipinski definition) is 0. The zero-order valence-electron chi connectivity index (χ0n) is 19.1. The van der Waals surface area contributed by atoms with Gasteiger partial charge in [0.1, 0.15) is 0 Å². The average molecular weight is 469 g/mol. The molecule has 0 atom stereocenters. The van der Waals surface area contributed by atoms with Crippen molar-refractivity contribution in [1.82, 2.24) is 9.80 Å². The van der Waals surface area contributed by atoms with Crippen LogP contribution in [0, 0.1) is 0 Å². The quantitative estimate of drug-likeness (QED) is 0.410. The molecule has 2 aliphatic heterocycles. The van der Waals surface area contributed by atoms with Crippen molar-refractivity contribution in [3.8, 4) is 0 Å². The largest absolute Gasteiger partial charge is 0.452 e. The van der Waals surface area contributed by atoms with Crippen LogP contribution >= 0.6 is 0 Å². The van der Waals surface area contributed by atoms with Gasteiger partial charge in [-0.2, -0.15) is 0 Å². The van der Waals surface area contributed by atoms with Crippen LogP contribution in [0.3, 0.4) is 0 Å². The van der Waals surface area contributed by atoms with Crippen LogP contribution in [0.4, 0.5) is 0 Å². The lowest BCUT2D eigenvalue weighted by molar-refractivity contribution is -0.135. The van der Waals surface area contributed by atoms with E-state index in [2.05, 4.69) is 6.07 Å². The fourth-order valence-electron chi connectivity index (χ4n) is 4.52. The molecule has 0 unspecified atom stereocenters. The van der Waals surface area contributed by atoms with E-state index in [0.29, 0.717) is 19.5 Å². The Hall–Kier alpha value is -4.26. The molecule has 5 rings (SSSR count). The Morgan fingerprint density at radius 2 is 1.54 bits per heavy atom. The Kier molecular flexibility index (Phi) is 6.14. The monoisotopic (exact) mass is 468 g/mol. The third-order valence-corrected chi connectivity index (χ3v) is 6.48. The van der Waals surface area contributed by atoms with Gasteiger partial charge in [-0.25, -0.2) is 4.79 Å². The van der Waals surface area contributed by atoms with E-state index >= 15 is 0 Å². The zero-order chi connectivity index (χ0) is 24.4. The second-order valence-electron chi connectivity index (χ2n) is 8.67. The number of ether oxygens (including phenoxy) is 1.